The number of carbonyl (C=O) groups is 1. The van der Waals surface area contributed by atoms with Crippen molar-refractivity contribution < 1.29 is 19.5 Å². The summed E-state index contributed by atoms with van der Waals surface area (Å²) in [5.74, 6) is -0.997. The van der Waals surface area contributed by atoms with Crippen LogP contribution >= 0.6 is 0 Å². The number of nitrogens with zero attached hydrogens (tertiary/aromatic N) is 1. The Bertz CT molecular complexity index is 311. The highest BCUT2D eigenvalue weighted by molar-refractivity contribution is 5.69. The van der Waals surface area contributed by atoms with Crippen LogP contribution in [0, 0.1) is 0 Å². The summed E-state index contributed by atoms with van der Waals surface area (Å²) in [5, 5.41) is 21.7. The average Bonchev–Trinajstić information content (AvgIpc) is 2.47. The molecule has 2 unspecified atom stereocenters. The van der Waals surface area contributed by atoms with Crippen molar-refractivity contribution in [3.8, 4) is 0 Å². The molecule has 4 nitrogen and oxygen atoms in total. The number of carbonyl (C=O) groups excluding carboxylic acids is 1. The van der Waals surface area contributed by atoms with Crippen LogP contribution in [-0.2, 0) is 4.79 Å². The van der Waals surface area contributed by atoms with E-state index < -0.39 is 18.1 Å². The minimum atomic E-state index is -0.997. The smallest absolute Gasteiger partial charge is 0.129 e. The Kier molecular flexibility index (Phi) is 10.4. The third-order valence-corrected chi connectivity index (χ3v) is 4.39. The van der Waals surface area contributed by atoms with Crippen molar-refractivity contribution in [2.45, 2.75) is 71.9 Å². The second-order valence-corrected chi connectivity index (χ2v) is 5.79. The molecule has 0 radical (unpaired) electrons. The second kappa shape index (κ2) is 10.8. The van der Waals surface area contributed by atoms with E-state index in [0.717, 1.165) is 25.7 Å². The normalized spacial score (nSPS) is 15.3. The highest BCUT2D eigenvalue weighted by Crippen LogP contribution is 2.19. The molecule has 0 aromatic carbocycles. The molecule has 0 spiro atoms. The summed E-state index contributed by atoms with van der Waals surface area (Å²) in [4.78, 5) is 11.5. The number of likely N-dealkylation sites (N-methyl/N-ethyl adjacent to an activating group) is 1. The number of unbranched alkanes of at least 4 members (excludes halogenated alkanes) is 2. The van der Waals surface area contributed by atoms with Crippen molar-refractivity contribution in [1.82, 2.24) is 0 Å². The SMILES string of the molecule is CCCC/C=C/C(O)C[N+](CC)(CC)C(CCC)C(=O)[O-]. The Morgan fingerprint density at radius 1 is 1.19 bits per heavy atom. The summed E-state index contributed by atoms with van der Waals surface area (Å²) < 4.78 is 0.384. The van der Waals surface area contributed by atoms with Crippen LogP contribution in [0.5, 0.6) is 0 Å². The Hall–Kier alpha value is -0.870. The van der Waals surface area contributed by atoms with Crippen LogP contribution in [0.1, 0.15) is 59.8 Å². The Morgan fingerprint density at radius 3 is 2.24 bits per heavy atom. The van der Waals surface area contributed by atoms with Gasteiger partial charge in [0.1, 0.15) is 18.7 Å². The number of carboxylic acid groups (broad SMARTS) is 1. The third kappa shape index (κ3) is 6.62. The van der Waals surface area contributed by atoms with Crippen LogP contribution in [0.4, 0.5) is 0 Å². The number of aliphatic hydroxyl groups is 1. The molecule has 0 saturated carbocycles. The molecule has 4 heteroatoms. The van der Waals surface area contributed by atoms with Crippen molar-refractivity contribution in [3.05, 3.63) is 12.2 Å². The Morgan fingerprint density at radius 2 is 1.81 bits per heavy atom. The van der Waals surface area contributed by atoms with Crippen molar-refractivity contribution in [2.24, 2.45) is 0 Å². The van der Waals surface area contributed by atoms with E-state index in [0.29, 0.717) is 30.5 Å². The van der Waals surface area contributed by atoms with Crippen LogP contribution in [0.15, 0.2) is 12.2 Å². The van der Waals surface area contributed by atoms with Gasteiger partial charge in [0.2, 0.25) is 0 Å². The van der Waals surface area contributed by atoms with E-state index in [1.807, 2.05) is 32.9 Å². The maximum atomic E-state index is 11.5. The predicted octanol–water partition coefficient (Wildman–Crippen LogP) is 1.87. The number of quaternary nitrogens is 1. The topological polar surface area (TPSA) is 60.4 Å². The molecule has 0 rings (SSSR count). The first kappa shape index (κ1) is 20.1. The van der Waals surface area contributed by atoms with Crippen LogP contribution in [0.3, 0.4) is 0 Å². The van der Waals surface area contributed by atoms with Gasteiger partial charge in [0.15, 0.2) is 0 Å². The van der Waals surface area contributed by atoms with Gasteiger partial charge < -0.3 is 19.5 Å². The van der Waals surface area contributed by atoms with Gasteiger partial charge in [-0.1, -0.05) is 45.3 Å². The van der Waals surface area contributed by atoms with Gasteiger partial charge in [-0.3, -0.25) is 0 Å². The van der Waals surface area contributed by atoms with Gasteiger partial charge in [0, 0.05) is 6.42 Å². The van der Waals surface area contributed by atoms with Gasteiger partial charge in [0.05, 0.1) is 19.1 Å². The third-order valence-electron chi connectivity index (χ3n) is 4.39. The number of rotatable bonds is 12. The predicted molar refractivity (Wildman–Crippen MR) is 84.6 cm³/mol. The molecular weight excluding hydrogens is 266 g/mol. The van der Waals surface area contributed by atoms with E-state index in [-0.39, 0.29) is 0 Å². The van der Waals surface area contributed by atoms with E-state index >= 15 is 0 Å². The molecule has 0 amide bonds. The molecule has 2 atom stereocenters. The molecular formula is C17H33NO3. The maximum Gasteiger partial charge on any atom is 0.129 e. The van der Waals surface area contributed by atoms with Gasteiger partial charge in [-0.25, -0.2) is 0 Å². The molecule has 0 bridgehead atoms. The van der Waals surface area contributed by atoms with Gasteiger partial charge in [-0.05, 0) is 20.3 Å². The van der Waals surface area contributed by atoms with Crippen LogP contribution in [-0.4, -0.2) is 47.3 Å². The zero-order chi connectivity index (χ0) is 16.3. The lowest BCUT2D eigenvalue weighted by atomic mass is 10.0. The summed E-state index contributed by atoms with van der Waals surface area (Å²) in [7, 11) is 0. The van der Waals surface area contributed by atoms with Gasteiger partial charge in [0.25, 0.3) is 0 Å². The van der Waals surface area contributed by atoms with E-state index in [9.17, 15) is 15.0 Å². The first-order chi connectivity index (χ1) is 9.97. The van der Waals surface area contributed by atoms with Gasteiger partial charge >= 0.3 is 0 Å². The van der Waals surface area contributed by atoms with E-state index in [1.54, 1.807) is 0 Å². The average molecular weight is 299 g/mol. The molecule has 0 saturated heterocycles. The lowest BCUT2D eigenvalue weighted by Gasteiger charge is -2.45. The second-order valence-electron chi connectivity index (χ2n) is 5.79. The fourth-order valence-corrected chi connectivity index (χ4v) is 2.95. The molecule has 0 fully saturated rings. The fourth-order valence-electron chi connectivity index (χ4n) is 2.95. The number of aliphatic hydroxyl groups excluding tert-OH is 1. The molecule has 0 heterocycles. The molecule has 0 aliphatic carbocycles. The highest BCUT2D eigenvalue weighted by atomic mass is 16.4. The summed E-state index contributed by atoms with van der Waals surface area (Å²) in [6, 6.07) is -0.538. The van der Waals surface area contributed by atoms with Gasteiger partial charge in [-0.15, -0.1) is 0 Å². The minimum absolute atomic E-state index is 0.384. The molecule has 21 heavy (non-hydrogen) atoms. The zero-order valence-electron chi connectivity index (χ0n) is 14.2. The number of aliphatic carboxylic acids is 1. The van der Waals surface area contributed by atoms with Crippen LogP contribution < -0.4 is 5.11 Å². The number of allylic oxidation sites excluding steroid dienone is 1. The summed E-state index contributed by atoms with van der Waals surface area (Å²) in [6.07, 6.45) is 7.83. The molecule has 124 valence electrons. The van der Waals surface area contributed by atoms with Crippen LogP contribution in [0.25, 0.3) is 0 Å². The molecule has 0 aromatic heterocycles. The zero-order valence-corrected chi connectivity index (χ0v) is 14.2. The lowest BCUT2D eigenvalue weighted by Crippen LogP contribution is -2.63. The number of hydrogen-bond donors (Lipinski definition) is 1. The first-order valence-corrected chi connectivity index (χ1v) is 8.38. The monoisotopic (exact) mass is 299 g/mol. The molecule has 0 aliphatic rings. The summed E-state index contributed by atoms with van der Waals surface area (Å²) >= 11 is 0. The minimum Gasteiger partial charge on any atom is -0.544 e. The first-order valence-electron chi connectivity index (χ1n) is 8.38. The highest BCUT2D eigenvalue weighted by Gasteiger charge is 2.35. The van der Waals surface area contributed by atoms with Crippen molar-refractivity contribution in [3.63, 3.8) is 0 Å². The standard InChI is InChI=1S/C17H33NO3/c1-5-9-10-11-13-15(19)14-18(7-3,8-4)16(12-6-2)17(20)21/h11,13,15-16,19H,5-10,12,14H2,1-4H3/b13-11+. The Balaban J connectivity index is 4.92. The number of hydrogen-bond acceptors (Lipinski definition) is 3. The fraction of sp³-hybridized carbons (Fsp3) is 0.824. The van der Waals surface area contributed by atoms with E-state index in [1.165, 1.54) is 0 Å². The molecule has 1 N–H and O–H groups in total. The van der Waals surface area contributed by atoms with E-state index in [4.69, 9.17) is 0 Å². The lowest BCUT2D eigenvalue weighted by molar-refractivity contribution is -0.944. The summed E-state index contributed by atoms with van der Waals surface area (Å²) in [6.45, 7) is 9.91. The van der Waals surface area contributed by atoms with Crippen molar-refractivity contribution in [2.75, 3.05) is 19.6 Å². The summed E-state index contributed by atoms with van der Waals surface area (Å²) in [5.41, 5.74) is 0. The quantitative estimate of drug-likeness (QED) is 0.340. The largest absolute Gasteiger partial charge is 0.544 e. The van der Waals surface area contributed by atoms with Gasteiger partial charge in [-0.2, -0.15) is 0 Å². The molecule has 0 aromatic rings. The number of carboxylic acids is 1. The Labute approximate surface area is 130 Å². The van der Waals surface area contributed by atoms with E-state index in [2.05, 4.69) is 6.92 Å². The van der Waals surface area contributed by atoms with Crippen molar-refractivity contribution >= 4 is 5.97 Å². The maximum absolute atomic E-state index is 11.5. The molecule has 0 aliphatic heterocycles. The van der Waals surface area contributed by atoms with Crippen LogP contribution in [0.2, 0.25) is 0 Å². The van der Waals surface area contributed by atoms with Crippen molar-refractivity contribution in [1.29, 1.82) is 0 Å².